The lowest BCUT2D eigenvalue weighted by atomic mass is 9.76. The third kappa shape index (κ3) is 3.78. The third-order valence-electron chi connectivity index (χ3n) is 4.12. The van der Waals surface area contributed by atoms with E-state index in [0.717, 1.165) is 31.4 Å². The van der Waals surface area contributed by atoms with Crippen molar-refractivity contribution in [2.24, 2.45) is 11.7 Å². The minimum absolute atomic E-state index is 0.0485. The van der Waals surface area contributed by atoms with Gasteiger partial charge in [-0.3, -0.25) is 0 Å². The maximum absolute atomic E-state index is 10.4. The minimum Gasteiger partial charge on any atom is -0.392 e. The summed E-state index contributed by atoms with van der Waals surface area (Å²) in [6.45, 7) is 3.31. The lowest BCUT2D eigenvalue weighted by molar-refractivity contribution is -0.0398. The summed E-state index contributed by atoms with van der Waals surface area (Å²) >= 11 is 0. The lowest BCUT2D eigenvalue weighted by Gasteiger charge is -2.37. The highest BCUT2D eigenvalue weighted by atomic mass is 16.5. The van der Waals surface area contributed by atoms with Gasteiger partial charge in [0.25, 0.3) is 0 Å². The Hall–Kier alpha value is -0.900. The molecule has 1 saturated carbocycles. The van der Waals surface area contributed by atoms with Gasteiger partial charge in [-0.15, -0.1) is 0 Å². The second-order valence-corrected chi connectivity index (χ2v) is 5.47. The number of ether oxygens (including phenoxy) is 1. The Kier molecular flexibility index (Phi) is 5.37. The van der Waals surface area contributed by atoms with Crippen LogP contribution in [0.3, 0.4) is 0 Å². The average Bonchev–Trinajstić information content (AvgIpc) is 2.38. The molecule has 3 nitrogen and oxygen atoms in total. The van der Waals surface area contributed by atoms with Crippen LogP contribution >= 0.6 is 0 Å². The molecule has 106 valence electrons. The van der Waals surface area contributed by atoms with Gasteiger partial charge in [0.05, 0.1) is 12.2 Å². The van der Waals surface area contributed by atoms with Crippen LogP contribution in [0.25, 0.3) is 0 Å². The predicted molar refractivity (Wildman–Crippen MR) is 77.0 cm³/mol. The van der Waals surface area contributed by atoms with Crippen molar-refractivity contribution < 1.29 is 9.84 Å². The standard InChI is InChI=1S/C16H25NO2/c1-2-19-14-8-12(9-14)10-16(18)15(11-17)13-6-4-3-5-7-13/h3-7,12,14-16,18H,2,8-11,17H2,1H3. The zero-order chi connectivity index (χ0) is 13.7. The number of benzene rings is 1. The molecule has 1 fully saturated rings. The van der Waals surface area contributed by atoms with Crippen LogP contribution in [0.1, 0.15) is 37.7 Å². The molecule has 0 aromatic heterocycles. The monoisotopic (exact) mass is 263 g/mol. The molecule has 1 aliphatic carbocycles. The van der Waals surface area contributed by atoms with E-state index in [0.29, 0.717) is 18.6 Å². The van der Waals surface area contributed by atoms with Crippen molar-refractivity contribution in [2.75, 3.05) is 13.2 Å². The first-order valence-corrected chi connectivity index (χ1v) is 7.29. The molecular formula is C16H25NO2. The van der Waals surface area contributed by atoms with E-state index in [4.69, 9.17) is 10.5 Å². The molecule has 0 heterocycles. The molecule has 1 aromatic rings. The van der Waals surface area contributed by atoms with Crippen LogP contribution in [0.5, 0.6) is 0 Å². The number of rotatable bonds is 7. The smallest absolute Gasteiger partial charge is 0.0623 e. The molecule has 2 unspecified atom stereocenters. The Labute approximate surface area is 115 Å². The second-order valence-electron chi connectivity index (χ2n) is 5.47. The van der Waals surface area contributed by atoms with Crippen LogP contribution in [-0.4, -0.2) is 30.5 Å². The summed E-state index contributed by atoms with van der Waals surface area (Å²) < 4.78 is 5.55. The first kappa shape index (κ1) is 14.5. The SMILES string of the molecule is CCOC1CC(CC(O)C(CN)c2ccccc2)C1. The highest BCUT2D eigenvalue weighted by Crippen LogP contribution is 2.36. The van der Waals surface area contributed by atoms with Gasteiger partial charge in [-0.25, -0.2) is 0 Å². The lowest BCUT2D eigenvalue weighted by Crippen LogP contribution is -2.36. The van der Waals surface area contributed by atoms with E-state index in [2.05, 4.69) is 0 Å². The summed E-state index contributed by atoms with van der Waals surface area (Å²) in [6, 6.07) is 10.1. The molecule has 3 heteroatoms. The molecule has 0 bridgehead atoms. The highest BCUT2D eigenvalue weighted by molar-refractivity contribution is 5.21. The van der Waals surface area contributed by atoms with Gasteiger partial charge in [-0.05, 0) is 37.7 Å². The summed E-state index contributed by atoms with van der Waals surface area (Å²) in [6.07, 6.45) is 3.06. The maximum atomic E-state index is 10.4. The maximum Gasteiger partial charge on any atom is 0.0623 e. The van der Waals surface area contributed by atoms with Crippen molar-refractivity contribution in [1.82, 2.24) is 0 Å². The van der Waals surface area contributed by atoms with Gasteiger partial charge in [0, 0.05) is 19.1 Å². The molecule has 2 atom stereocenters. The molecule has 0 saturated heterocycles. The molecule has 0 aliphatic heterocycles. The zero-order valence-electron chi connectivity index (χ0n) is 11.7. The summed E-state index contributed by atoms with van der Waals surface area (Å²) in [4.78, 5) is 0. The molecular weight excluding hydrogens is 238 g/mol. The third-order valence-corrected chi connectivity index (χ3v) is 4.12. The van der Waals surface area contributed by atoms with Crippen LogP contribution < -0.4 is 5.73 Å². The fraction of sp³-hybridized carbons (Fsp3) is 0.625. The van der Waals surface area contributed by atoms with Gasteiger partial charge >= 0.3 is 0 Å². The van der Waals surface area contributed by atoms with Gasteiger partial charge < -0.3 is 15.6 Å². The fourth-order valence-corrected chi connectivity index (χ4v) is 2.96. The van der Waals surface area contributed by atoms with Gasteiger partial charge in [-0.2, -0.15) is 0 Å². The molecule has 2 rings (SSSR count). The van der Waals surface area contributed by atoms with Crippen molar-refractivity contribution in [2.45, 2.75) is 44.3 Å². The van der Waals surface area contributed by atoms with Gasteiger partial charge in [0.15, 0.2) is 0 Å². The molecule has 3 N–H and O–H groups in total. The second kappa shape index (κ2) is 7.04. The molecule has 0 spiro atoms. The molecule has 0 amide bonds. The van der Waals surface area contributed by atoms with Crippen molar-refractivity contribution in [3.63, 3.8) is 0 Å². The fourth-order valence-electron chi connectivity index (χ4n) is 2.96. The van der Waals surface area contributed by atoms with E-state index < -0.39 is 0 Å². The first-order valence-electron chi connectivity index (χ1n) is 7.29. The van der Waals surface area contributed by atoms with Gasteiger partial charge in [0.2, 0.25) is 0 Å². The molecule has 1 aromatic carbocycles. The summed E-state index contributed by atoms with van der Waals surface area (Å²) in [7, 11) is 0. The topological polar surface area (TPSA) is 55.5 Å². The number of aliphatic hydroxyl groups excluding tert-OH is 1. The Morgan fingerprint density at radius 2 is 2.00 bits per heavy atom. The van der Waals surface area contributed by atoms with E-state index in [1.165, 1.54) is 0 Å². The van der Waals surface area contributed by atoms with E-state index in [9.17, 15) is 5.11 Å². The van der Waals surface area contributed by atoms with E-state index in [1.54, 1.807) is 0 Å². The van der Waals surface area contributed by atoms with Crippen molar-refractivity contribution in [3.05, 3.63) is 35.9 Å². The Bertz CT molecular complexity index is 362. The van der Waals surface area contributed by atoms with E-state index in [-0.39, 0.29) is 12.0 Å². The number of aliphatic hydroxyl groups is 1. The van der Waals surface area contributed by atoms with Crippen LogP contribution in [-0.2, 0) is 4.74 Å². The summed E-state index contributed by atoms with van der Waals surface area (Å²) in [5, 5.41) is 10.4. The van der Waals surface area contributed by atoms with Crippen molar-refractivity contribution in [3.8, 4) is 0 Å². The summed E-state index contributed by atoms with van der Waals surface area (Å²) in [5.74, 6) is 0.636. The largest absolute Gasteiger partial charge is 0.392 e. The highest BCUT2D eigenvalue weighted by Gasteiger charge is 2.33. The van der Waals surface area contributed by atoms with Crippen molar-refractivity contribution >= 4 is 0 Å². The van der Waals surface area contributed by atoms with Crippen LogP contribution in [0.15, 0.2) is 30.3 Å². The number of hydrogen-bond acceptors (Lipinski definition) is 3. The van der Waals surface area contributed by atoms with Gasteiger partial charge in [-0.1, -0.05) is 30.3 Å². The number of nitrogens with two attached hydrogens (primary N) is 1. The molecule has 19 heavy (non-hydrogen) atoms. The average molecular weight is 263 g/mol. The van der Waals surface area contributed by atoms with E-state index in [1.807, 2.05) is 37.3 Å². The first-order chi connectivity index (χ1) is 9.24. The van der Waals surface area contributed by atoms with Crippen LogP contribution in [0.2, 0.25) is 0 Å². The zero-order valence-corrected chi connectivity index (χ0v) is 11.7. The van der Waals surface area contributed by atoms with Crippen molar-refractivity contribution in [1.29, 1.82) is 0 Å². The summed E-state index contributed by atoms with van der Waals surface area (Å²) in [5.41, 5.74) is 6.97. The van der Waals surface area contributed by atoms with Crippen LogP contribution in [0.4, 0.5) is 0 Å². The quantitative estimate of drug-likeness (QED) is 0.793. The molecule has 1 aliphatic rings. The molecule has 0 radical (unpaired) electrons. The van der Waals surface area contributed by atoms with Crippen LogP contribution in [0, 0.1) is 5.92 Å². The predicted octanol–water partition coefficient (Wildman–Crippen LogP) is 2.30. The Balaban J connectivity index is 1.83. The minimum atomic E-state index is -0.347. The Morgan fingerprint density at radius 3 is 2.58 bits per heavy atom. The normalized spacial score (nSPS) is 25.6. The Morgan fingerprint density at radius 1 is 1.32 bits per heavy atom. The van der Waals surface area contributed by atoms with E-state index >= 15 is 0 Å². The van der Waals surface area contributed by atoms with Gasteiger partial charge in [0.1, 0.15) is 0 Å². The number of hydrogen-bond donors (Lipinski definition) is 2.